The maximum absolute atomic E-state index is 10.5. The van der Waals surface area contributed by atoms with E-state index in [1.165, 1.54) is 0 Å². The summed E-state index contributed by atoms with van der Waals surface area (Å²) in [6, 6.07) is 1.04. The molecule has 0 saturated carbocycles. The van der Waals surface area contributed by atoms with E-state index in [-0.39, 0.29) is 5.92 Å². The molecule has 0 spiro atoms. The van der Waals surface area contributed by atoms with Crippen LogP contribution in [0.25, 0.3) is 0 Å². The molecule has 0 heterocycles. The Balaban J connectivity index is 3.62. The van der Waals surface area contributed by atoms with Crippen LogP contribution in [-0.4, -0.2) is 26.5 Å². The molecular weight excluding hydrogens is 184 g/mol. The molecule has 1 N–H and O–H groups in total. The standard InChI is InChI=1S/C9H20O3Si/c1-8(9(10)11)6-5-7-13(3,4)12-2/h8H,5-7H2,1-4H3,(H,10,11). The van der Waals surface area contributed by atoms with Gasteiger partial charge in [-0.05, 0) is 25.6 Å². The molecule has 1 atom stereocenters. The van der Waals surface area contributed by atoms with Gasteiger partial charge in [-0.2, -0.15) is 0 Å². The molecule has 0 rings (SSSR count). The number of aliphatic carboxylic acids is 1. The third-order valence-electron chi connectivity index (χ3n) is 2.39. The number of rotatable bonds is 6. The molecule has 0 aromatic carbocycles. The van der Waals surface area contributed by atoms with Crippen LogP contribution in [0.4, 0.5) is 0 Å². The van der Waals surface area contributed by atoms with Crippen molar-refractivity contribution in [1.29, 1.82) is 0 Å². The molecule has 13 heavy (non-hydrogen) atoms. The zero-order valence-electron chi connectivity index (χ0n) is 8.96. The fourth-order valence-corrected chi connectivity index (χ4v) is 2.32. The van der Waals surface area contributed by atoms with Gasteiger partial charge in [0.25, 0.3) is 0 Å². The van der Waals surface area contributed by atoms with Crippen molar-refractivity contribution in [3.63, 3.8) is 0 Å². The summed E-state index contributed by atoms with van der Waals surface area (Å²) in [6.07, 6.45) is 1.72. The molecule has 1 unspecified atom stereocenters. The van der Waals surface area contributed by atoms with Crippen LogP contribution in [0.15, 0.2) is 0 Å². The average molecular weight is 204 g/mol. The highest BCUT2D eigenvalue weighted by atomic mass is 28.4. The van der Waals surface area contributed by atoms with Gasteiger partial charge in [-0.15, -0.1) is 0 Å². The molecule has 0 fully saturated rings. The fraction of sp³-hybridized carbons (Fsp3) is 0.889. The zero-order chi connectivity index (χ0) is 10.5. The Kier molecular flexibility index (Phi) is 5.25. The van der Waals surface area contributed by atoms with E-state index >= 15 is 0 Å². The van der Waals surface area contributed by atoms with Gasteiger partial charge in [-0.3, -0.25) is 4.79 Å². The Morgan fingerprint density at radius 2 is 2.08 bits per heavy atom. The minimum absolute atomic E-state index is 0.221. The van der Waals surface area contributed by atoms with Gasteiger partial charge in [0.15, 0.2) is 8.32 Å². The van der Waals surface area contributed by atoms with Gasteiger partial charge in [0.1, 0.15) is 0 Å². The van der Waals surface area contributed by atoms with Crippen molar-refractivity contribution in [2.24, 2.45) is 5.92 Å². The van der Waals surface area contributed by atoms with Crippen LogP contribution in [0.2, 0.25) is 19.1 Å². The summed E-state index contributed by atoms with van der Waals surface area (Å²) in [5.74, 6) is -0.918. The number of hydrogen-bond donors (Lipinski definition) is 1. The molecule has 0 aliphatic carbocycles. The summed E-state index contributed by atoms with van der Waals surface area (Å²) in [5.41, 5.74) is 0. The zero-order valence-corrected chi connectivity index (χ0v) is 9.96. The summed E-state index contributed by atoms with van der Waals surface area (Å²) in [7, 11) is 0.271. The summed E-state index contributed by atoms with van der Waals surface area (Å²) in [5, 5.41) is 8.65. The van der Waals surface area contributed by atoms with Gasteiger partial charge in [-0.1, -0.05) is 13.3 Å². The highest BCUT2D eigenvalue weighted by Crippen LogP contribution is 2.17. The van der Waals surface area contributed by atoms with Gasteiger partial charge >= 0.3 is 5.97 Å². The van der Waals surface area contributed by atoms with Crippen LogP contribution < -0.4 is 0 Å². The minimum Gasteiger partial charge on any atom is -0.481 e. The molecule has 0 amide bonds. The predicted octanol–water partition coefficient (Wildman–Crippen LogP) is 2.34. The lowest BCUT2D eigenvalue weighted by Gasteiger charge is -2.19. The smallest absolute Gasteiger partial charge is 0.306 e. The first kappa shape index (κ1) is 12.6. The van der Waals surface area contributed by atoms with Crippen LogP contribution in [-0.2, 0) is 9.22 Å². The highest BCUT2D eigenvalue weighted by Gasteiger charge is 2.21. The molecule has 0 saturated heterocycles. The van der Waals surface area contributed by atoms with Crippen LogP contribution in [0, 0.1) is 5.92 Å². The fourth-order valence-electron chi connectivity index (χ4n) is 1.06. The first-order chi connectivity index (χ1) is 5.89. The Morgan fingerprint density at radius 3 is 2.46 bits per heavy atom. The van der Waals surface area contributed by atoms with Crippen molar-refractivity contribution in [3.8, 4) is 0 Å². The van der Waals surface area contributed by atoms with E-state index in [2.05, 4.69) is 13.1 Å². The molecule has 78 valence electrons. The van der Waals surface area contributed by atoms with Crippen molar-refractivity contribution in [3.05, 3.63) is 0 Å². The number of carboxylic acids is 1. The van der Waals surface area contributed by atoms with E-state index in [0.717, 1.165) is 18.9 Å². The van der Waals surface area contributed by atoms with Crippen LogP contribution >= 0.6 is 0 Å². The van der Waals surface area contributed by atoms with Gasteiger partial charge < -0.3 is 9.53 Å². The van der Waals surface area contributed by atoms with E-state index in [0.29, 0.717) is 0 Å². The Morgan fingerprint density at radius 1 is 1.54 bits per heavy atom. The minimum atomic E-state index is -1.47. The largest absolute Gasteiger partial charge is 0.481 e. The molecular formula is C9H20O3Si. The summed E-state index contributed by atoms with van der Waals surface area (Å²) in [6.45, 7) is 6.06. The van der Waals surface area contributed by atoms with Gasteiger partial charge in [0, 0.05) is 7.11 Å². The molecule has 0 aromatic rings. The third kappa shape index (κ3) is 5.82. The molecule has 0 radical (unpaired) electrons. The van der Waals surface area contributed by atoms with Crippen molar-refractivity contribution in [2.75, 3.05) is 7.11 Å². The van der Waals surface area contributed by atoms with E-state index in [4.69, 9.17) is 9.53 Å². The van der Waals surface area contributed by atoms with E-state index < -0.39 is 14.3 Å². The van der Waals surface area contributed by atoms with Gasteiger partial charge in [0.05, 0.1) is 5.92 Å². The topological polar surface area (TPSA) is 46.5 Å². The predicted molar refractivity (Wildman–Crippen MR) is 55.3 cm³/mol. The van der Waals surface area contributed by atoms with E-state index in [9.17, 15) is 4.79 Å². The first-order valence-corrected chi connectivity index (χ1v) is 7.78. The second kappa shape index (κ2) is 5.39. The monoisotopic (exact) mass is 204 g/mol. The summed E-state index contributed by atoms with van der Waals surface area (Å²) < 4.78 is 5.37. The van der Waals surface area contributed by atoms with Gasteiger partial charge in [-0.25, -0.2) is 0 Å². The molecule has 0 aliphatic heterocycles. The second-order valence-corrected chi connectivity index (χ2v) is 8.52. The Bertz CT molecular complexity index is 168. The van der Waals surface area contributed by atoms with Crippen LogP contribution in [0.1, 0.15) is 19.8 Å². The van der Waals surface area contributed by atoms with Crippen molar-refractivity contribution in [1.82, 2.24) is 0 Å². The maximum atomic E-state index is 10.5. The van der Waals surface area contributed by atoms with E-state index in [1.807, 2.05) is 0 Å². The van der Waals surface area contributed by atoms with Crippen LogP contribution in [0.5, 0.6) is 0 Å². The molecule has 4 heteroatoms. The lowest BCUT2D eigenvalue weighted by molar-refractivity contribution is -0.141. The summed E-state index contributed by atoms with van der Waals surface area (Å²) in [4.78, 5) is 10.5. The highest BCUT2D eigenvalue weighted by molar-refractivity contribution is 6.71. The quantitative estimate of drug-likeness (QED) is 0.675. The molecule has 0 aliphatic rings. The molecule has 3 nitrogen and oxygen atoms in total. The average Bonchev–Trinajstić information content (AvgIpc) is 2.04. The number of carboxylic acid groups (broad SMARTS) is 1. The van der Waals surface area contributed by atoms with Crippen molar-refractivity contribution < 1.29 is 14.3 Å². The van der Waals surface area contributed by atoms with Crippen molar-refractivity contribution >= 4 is 14.3 Å². The normalized spacial score (nSPS) is 14.2. The maximum Gasteiger partial charge on any atom is 0.306 e. The van der Waals surface area contributed by atoms with Crippen LogP contribution in [0.3, 0.4) is 0 Å². The molecule has 0 aromatic heterocycles. The lowest BCUT2D eigenvalue weighted by Crippen LogP contribution is -2.28. The van der Waals surface area contributed by atoms with Crippen molar-refractivity contribution in [2.45, 2.75) is 38.9 Å². The third-order valence-corrected chi connectivity index (χ3v) is 5.05. The second-order valence-electron chi connectivity index (χ2n) is 4.10. The lowest BCUT2D eigenvalue weighted by atomic mass is 10.1. The van der Waals surface area contributed by atoms with E-state index in [1.54, 1.807) is 14.0 Å². The summed E-state index contributed by atoms with van der Waals surface area (Å²) >= 11 is 0. The molecule has 0 bridgehead atoms. The number of hydrogen-bond acceptors (Lipinski definition) is 2. The Labute approximate surface area is 81.2 Å². The SMILES string of the molecule is CO[Si](C)(C)CCCC(C)C(=O)O. The number of carbonyl (C=O) groups is 1. The first-order valence-electron chi connectivity index (χ1n) is 4.67. The Hall–Kier alpha value is -0.353. The van der Waals surface area contributed by atoms with Gasteiger partial charge in [0.2, 0.25) is 0 Å².